The van der Waals surface area contributed by atoms with Gasteiger partial charge in [-0.3, -0.25) is 0 Å². The third kappa shape index (κ3) is 2.96. The molecule has 1 saturated heterocycles. The van der Waals surface area contributed by atoms with E-state index >= 15 is 0 Å². The summed E-state index contributed by atoms with van der Waals surface area (Å²) >= 11 is 0. The Morgan fingerprint density at radius 1 is 1.25 bits per heavy atom. The second-order valence-electron chi connectivity index (χ2n) is 6.47. The van der Waals surface area contributed by atoms with Crippen LogP contribution in [0.5, 0.6) is 0 Å². The van der Waals surface area contributed by atoms with E-state index in [1.54, 1.807) is 0 Å². The van der Waals surface area contributed by atoms with Gasteiger partial charge in [-0.15, -0.1) is 0 Å². The number of aromatic nitrogens is 2. The zero-order valence-electron chi connectivity index (χ0n) is 13.6. The number of aryl methyl sites for hydroxylation is 1. The molecular weight excluding hydrogens is 324 g/mol. The predicted octanol–water partition coefficient (Wildman–Crippen LogP) is 2.08. The quantitative estimate of drug-likeness (QED) is 0.919. The van der Waals surface area contributed by atoms with Gasteiger partial charge in [0.05, 0.1) is 11.5 Å². The average Bonchev–Trinajstić information content (AvgIpc) is 3.10. The maximum Gasteiger partial charge on any atom is 0.225 e. The molecule has 0 radical (unpaired) electrons. The number of hydrogen-bond donors (Lipinski definition) is 1. The molecule has 1 fully saturated rings. The van der Waals surface area contributed by atoms with Crippen molar-refractivity contribution < 1.29 is 8.42 Å². The van der Waals surface area contributed by atoms with Gasteiger partial charge in [-0.2, -0.15) is 4.98 Å². The summed E-state index contributed by atoms with van der Waals surface area (Å²) in [4.78, 5) is 11.3. The van der Waals surface area contributed by atoms with Gasteiger partial charge in [0.25, 0.3) is 0 Å². The van der Waals surface area contributed by atoms with Crippen molar-refractivity contribution in [2.24, 2.45) is 0 Å². The number of rotatable bonds is 3. The Bertz CT molecular complexity index is 882. The van der Waals surface area contributed by atoms with E-state index < -0.39 is 9.84 Å². The van der Waals surface area contributed by atoms with Crippen molar-refractivity contribution in [3.05, 3.63) is 41.6 Å². The van der Waals surface area contributed by atoms with Crippen molar-refractivity contribution in [1.29, 1.82) is 0 Å². The molecule has 1 aromatic heterocycles. The number of hydrogen-bond acceptors (Lipinski definition) is 6. The molecule has 3 heterocycles. The summed E-state index contributed by atoms with van der Waals surface area (Å²) in [7, 11) is -2.92. The first-order chi connectivity index (χ1) is 11.5. The minimum Gasteiger partial charge on any atom is -0.350 e. The number of benzene rings is 1. The Balaban J connectivity index is 1.61. The Kier molecular flexibility index (Phi) is 3.68. The van der Waals surface area contributed by atoms with Crippen molar-refractivity contribution in [2.75, 3.05) is 28.3 Å². The molecule has 7 heteroatoms. The van der Waals surface area contributed by atoms with Crippen molar-refractivity contribution in [2.45, 2.75) is 25.8 Å². The summed E-state index contributed by atoms with van der Waals surface area (Å²) in [6.07, 6.45) is 1.62. The third-order valence-corrected chi connectivity index (χ3v) is 6.34. The Hall–Kier alpha value is -2.15. The van der Waals surface area contributed by atoms with Crippen molar-refractivity contribution >= 4 is 27.3 Å². The molecule has 2 aliphatic rings. The highest BCUT2D eigenvalue weighted by atomic mass is 32.2. The summed E-state index contributed by atoms with van der Waals surface area (Å²) in [6, 6.07) is 10.2. The number of anilines is 3. The van der Waals surface area contributed by atoms with E-state index in [1.807, 2.05) is 19.1 Å². The minimum atomic E-state index is -2.92. The molecule has 6 nitrogen and oxygen atoms in total. The maximum absolute atomic E-state index is 11.6. The topological polar surface area (TPSA) is 75.2 Å². The van der Waals surface area contributed by atoms with Crippen LogP contribution in [0.1, 0.15) is 17.7 Å². The van der Waals surface area contributed by atoms with E-state index in [0.29, 0.717) is 12.4 Å². The number of fused-ring (bicyclic) bond motifs is 1. The first-order valence-corrected chi connectivity index (χ1v) is 10.0. The first kappa shape index (κ1) is 15.4. The molecule has 0 saturated carbocycles. The second-order valence-corrected chi connectivity index (χ2v) is 8.69. The molecule has 1 unspecified atom stereocenters. The van der Waals surface area contributed by atoms with Gasteiger partial charge in [0.2, 0.25) is 5.95 Å². The molecule has 24 heavy (non-hydrogen) atoms. The highest BCUT2D eigenvalue weighted by Crippen LogP contribution is 2.33. The standard InChI is InChI=1S/C17H20N4O2S/c1-12-10-16(21-8-6-13-4-2-3-5-15(13)21)20-17(18-12)19-14-7-9-24(22,23)11-14/h2-5,10,14H,6-9,11H2,1H3,(H,18,19,20). The number of nitrogens with zero attached hydrogens (tertiary/aromatic N) is 3. The van der Waals surface area contributed by atoms with Gasteiger partial charge >= 0.3 is 0 Å². The van der Waals surface area contributed by atoms with E-state index in [9.17, 15) is 8.42 Å². The molecule has 1 atom stereocenters. The van der Waals surface area contributed by atoms with Gasteiger partial charge in [0, 0.05) is 30.0 Å². The second kappa shape index (κ2) is 5.73. The fraction of sp³-hybridized carbons (Fsp3) is 0.412. The van der Waals surface area contributed by atoms with Crippen molar-refractivity contribution in [3.8, 4) is 0 Å². The van der Waals surface area contributed by atoms with E-state index in [0.717, 1.165) is 24.5 Å². The first-order valence-electron chi connectivity index (χ1n) is 8.18. The molecule has 4 rings (SSSR count). The van der Waals surface area contributed by atoms with Gasteiger partial charge in [-0.1, -0.05) is 18.2 Å². The van der Waals surface area contributed by atoms with Crippen LogP contribution in [0.3, 0.4) is 0 Å². The van der Waals surface area contributed by atoms with E-state index in [2.05, 4.69) is 38.4 Å². The van der Waals surface area contributed by atoms with Gasteiger partial charge < -0.3 is 10.2 Å². The summed E-state index contributed by atoms with van der Waals surface area (Å²) in [5.74, 6) is 1.77. The van der Waals surface area contributed by atoms with Crippen molar-refractivity contribution in [3.63, 3.8) is 0 Å². The zero-order valence-corrected chi connectivity index (χ0v) is 14.4. The molecular formula is C17H20N4O2S. The smallest absolute Gasteiger partial charge is 0.225 e. The molecule has 2 aliphatic heterocycles. The van der Waals surface area contributed by atoms with Crippen LogP contribution in [-0.2, 0) is 16.3 Å². The summed E-state index contributed by atoms with van der Waals surface area (Å²) < 4.78 is 23.2. The Morgan fingerprint density at radius 3 is 2.88 bits per heavy atom. The molecule has 0 spiro atoms. The molecule has 0 bridgehead atoms. The van der Waals surface area contributed by atoms with Gasteiger partial charge in [-0.25, -0.2) is 13.4 Å². The van der Waals surface area contributed by atoms with Gasteiger partial charge in [0.1, 0.15) is 5.82 Å². The lowest BCUT2D eigenvalue weighted by atomic mass is 10.2. The third-order valence-electron chi connectivity index (χ3n) is 4.57. The molecule has 2 aromatic rings. The van der Waals surface area contributed by atoms with E-state index in [1.165, 1.54) is 11.3 Å². The monoisotopic (exact) mass is 344 g/mol. The summed E-state index contributed by atoms with van der Waals surface area (Å²) in [5, 5.41) is 3.20. The summed E-state index contributed by atoms with van der Waals surface area (Å²) in [6.45, 7) is 2.83. The van der Waals surface area contributed by atoms with Crippen LogP contribution in [0, 0.1) is 6.92 Å². The maximum atomic E-state index is 11.6. The van der Waals surface area contributed by atoms with Crippen LogP contribution in [-0.4, -0.2) is 42.5 Å². The predicted molar refractivity (Wildman–Crippen MR) is 94.6 cm³/mol. The van der Waals surface area contributed by atoms with Gasteiger partial charge in [0.15, 0.2) is 9.84 Å². The summed E-state index contributed by atoms with van der Waals surface area (Å²) in [5.41, 5.74) is 3.38. The van der Waals surface area contributed by atoms with Crippen LogP contribution < -0.4 is 10.2 Å². The highest BCUT2D eigenvalue weighted by molar-refractivity contribution is 7.91. The van der Waals surface area contributed by atoms with Crippen LogP contribution >= 0.6 is 0 Å². The fourth-order valence-electron chi connectivity index (χ4n) is 3.42. The molecule has 126 valence electrons. The number of sulfone groups is 1. The lowest BCUT2D eigenvalue weighted by Gasteiger charge is -2.20. The number of para-hydroxylation sites is 1. The van der Waals surface area contributed by atoms with Crippen molar-refractivity contribution in [1.82, 2.24) is 9.97 Å². The van der Waals surface area contributed by atoms with Crippen LogP contribution in [0.4, 0.5) is 17.5 Å². The average molecular weight is 344 g/mol. The number of nitrogens with one attached hydrogen (secondary N) is 1. The molecule has 1 N–H and O–H groups in total. The molecule has 0 aliphatic carbocycles. The largest absolute Gasteiger partial charge is 0.350 e. The Morgan fingerprint density at radius 2 is 2.08 bits per heavy atom. The highest BCUT2D eigenvalue weighted by Gasteiger charge is 2.29. The van der Waals surface area contributed by atoms with E-state index in [4.69, 9.17) is 0 Å². The van der Waals surface area contributed by atoms with Gasteiger partial charge in [-0.05, 0) is 31.4 Å². The zero-order chi connectivity index (χ0) is 16.7. The normalized spacial score (nSPS) is 21.7. The van der Waals surface area contributed by atoms with E-state index in [-0.39, 0.29) is 17.5 Å². The van der Waals surface area contributed by atoms with Crippen LogP contribution in [0.25, 0.3) is 0 Å². The molecule has 1 aromatic carbocycles. The Labute approximate surface area is 141 Å². The lowest BCUT2D eigenvalue weighted by Crippen LogP contribution is -2.23. The van der Waals surface area contributed by atoms with Crippen LogP contribution in [0.2, 0.25) is 0 Å². The SMILES string of the molecule is Cc1cc(N2CCc3ccccc32)nc(NC2CCS(=O)(=O)C2)n1. The lowest BCUT2D eigenvalue weighted by molar-refractivity contribution is 0.602. The van der Waals surface area contributed by atoms with Crippen LogP contribution in [0.15, 0.2) is 30.3 Å². The molecule has 0 amide bonds. The minimum absolute atomic E-state index is 0.101. The fourth-order valence-corrected chi connectivity index (χ4v) is 5.10.